The summed E-state index contributed by atoms with van der Waals surface area (Å²) in [7, 11) is 0. The SMILES string of the molecule is O=C(O)c1nn(C(=O)Nc2cccnc2)c2ccc(Br)cc12. The summed E-state index contributed by atoms with van der Waals surface area (Å²) in [5, 5.41) is 16.1. The molecule has 0 bridgehead atoms. The molecule has 110 valence electrons. The highest BCUT2D eigenvalue weighted by Gasteiger charge is 2.20. The van der Waals surface area contributed by atoms with Crippen LogP contribution in [0.1, 0.15) is 10.5 Å². The fourth-order valence-electron chi connectivity index (χ4n) is 2.02. The molecule has 0 radical (unpaired) electrons. The molecule has 0 spiro atoms. The number of hydrogen-bond donors (Lipinski definition) is 2. The van der Waals surface area contributed by atoms with Crippen molar-refractivity contribution in [3.05, 3.63) is 52.9 Å². The van der Waals surface area contributed by atoms with Crippen molar-refractivity contribution in [1.82, 2.24) is 14.8 Å². The van der Waals surface area contributed by atoms with Crippen LogP contribution >= 0.6 is 15.9 Å². The molecule has 0 atom stereocenters. The molecule has 1 amide bonds. The van der Waals surface area contributed by atoms with E-state index in [2.05, 4.69) is 31.3 Å². The number of hydrogen-bond acceptors (Lipinski definition) is 4. The second-order valence-corrected chi connectivity index (χ2v) is 5.31. The number of aromatic carboxylic acids is 1. The van der Waals surface area contributed by atoms with E-state index >= 15 is 0 Å². The van der Waals surface area contributed by atoms with Crippen LogP contribution in [0.4, 0.5) is 10.5 Å². The smallest absolute Gasteiger partial charge is 0.357 e. The van der Waals surface area contributed by atoms with Crippen molar-refractivity contribution in [3.8, 4) is 0 Å². The summed E-state index contributed by atoms with van der Waals surface area (Å²) in [5.41, 5.74) is 0.713. The van der Waals surface area contributed by atoms with E-state index in [1.54, 1.807) is 36.5 Å². The summed E-state index contributed by atoms with van der Waals surface area (Å²) < 4.78 is 1.73. The zero-order valence-corrected chi connectivity index (χ0v) is 12.6. The predicted octanol–water partition coefficient (Wildman–Crippen LogP) is 2.97. The molecule has 0 unspecified atom stereocenters. The van der Waals surface area contributed by atoms with Gasteiger partial charge in [-0.3, -0.25) is 4.98 Å². The zero-order chi connectivity index (χ0) is 15.7. The van der Waals surface area contributed by atoms with Crippen LogP contribution in [0, 0.1) is 0 Å². The highest BCUT2D eigenvalue weighted by Crippen LogP contribution is 2.23. The molecular formula is C14H9BrN4O3. The van der Waals surface area contributed by atoms with Crippen molar-refractivity contribution in [2.45, 2.75) is 0 Å². The van der Waals surface area contributed by atoms with Gasteiger partial charge < -0.3 is 10.4 Å². The van der Waals surface area contributed by atoms with Crippen LogP contribution in [-0.2, 0) is 0 Å². The number of halogens is 1. The maximum Gasteiger partial charge on any atom is 0.357 e. The van der Waals surface area contributed by atoms with Crippen LogP contribution in [0.5, 0.6) is 0 Å². The van der Waals surface area contributed by atoms with E-state index in [0.717, 1.165) is 4.68 Å². The van der Waals surface area contributed by atoms with Gasteiger partial charge in [0.25, 0.3) is 0 Å². The van der Waals surface area contributed by atoms with Crippen molar-refractivity contribution in [2.24, 2.45) is 0 Å². The zero-order valence-electron chi connectivity index (χ0n) is 11.0. The predicted molar refractivity (Wildman–Crippen MR) is 83.0 cm³/mol. The van der Waals surface area contributed by atoms with Crippen LogP contribution in [0.15, 0.2) is 47.2 Å². The van der Waals surface area contributed by atoms with Crippen molar-refractivity contribution < 1.29 is 14.7 Å². The van der Waals surface area contributed by atoms with E-state index < -0.39 is 12.0 Å². The Labute approximate surface area is 132 Å². The molecule has 3 rings (SSSR count). The van der Waals surface area contributed by atoms with Gasteiger partial charge in [-0.25, -0.2) is 9.59 Å². The molecule has 0 aliphatic rings. The first-order valence-electron chi connectivity index (χ1n) is 6.19. The summed E-state index contributed by atoms with van der Waals surface area (Å²) in [4.78, 5) is 27.5. The number of carbonyl (C=O) groups is 2. The first kappa shape index (κ1) is 14.2. The highest BCUT2D eigenvalue weighted by molar-refractivity contribution is 9.10. The quantitative estimate of drug-likeness (QED) is 0.732. The fourth-order valence-corrected chi connectivity index (χ4v) is 2.38. The van der Waals surface area contributed by atoms with E-state index in [9.17, 15) is 14.7 Å². The summed E-state index contributed by atoms with van der Waals surface area (Å²) in [6.07, 6.45) is 3.07. The number of carboxylic acid groups (broad SMARTS) is 1. The third-order valence-corrected chi connectivity index (χ3v) is 3.44. The number of rotatable bonds is 2. The monoisotopic (exact) mass is 360 g/mol. The molecule has 2 N–H and O–H groups in total. The van der Waals surface area contributed by atoms with Crippen molar-refractivity contribution >= 4 is 44.5 Å². The average Bonchev–Trinajstić information content (AvgIpc) is 2.87. The number of anilines is 1. The van der Waals surface area contributed by atoms with Gasteiger partial charge in [-0.05, 0) is 30.3 Å². The number of nitrogens with one attached hydrogen (secondary N) is 1. The number of amides is 1. The molecule has 1 aromatic carbocycles. The number of fused-ring (bicyclic) bond motifs is 1. The van der Waals surface area contributed by atoms with E-state index in [1.165, 1.54) is 6.20 Å². The lowest BCUT2D eigenvalue weighted by molar-refractivity contribution is 0.0692. The first-order chi connectivity index (χ1) is 10.6. The minimum Gasteiger partial charge on any atom is -0.476 e. The lowest BCUT2D eigenvalue weighted by atomic mass is 10.2. The molecule has 3 aromatic rings. The number of aromatic nitrogens is 3. The Balaban J connectivity index is 2.07. The molecular weight excluding hydrogens is 352 g/mol. The van der Waals surface area contributed by atoms with E-state index in [4.69, 9.17) is 0 Å². The molecule has 8 heteroatoms. The maximum absolute atomic E-state index is 12.3. The van der Waals surface area contributed by atoms with Gasteiger partial charge in [-0.15, -0.1) is 0 Å². The number of pyridine rings is 1. The lowest BCUT2D eigenvalue weighted by Gasteiger charge is -2.05. The van der Waals surface area contributed by atoms with Gasteiger partial charge in [0.15, 0.2) is 5.69 Å². The van der Waals surface area contributed by atoms with E-state index in [0.29, 0.717) is 21.1 Å². The summed E-state index contributed by atoms with van der Waals surface area (Å²) in [5.74, 6) is -1.20. The molecule has 2 aromatic heterocycles. The Hall–Kier alpha value is -2.74. The van der Waals surface area contributed by atoms with Gasteiger partial charge in [0.05, 0.1) is 17.4 Å². The van der Waals surface area contributed by atoms with Gasteiger partial charge in [0.1, 0.15) is 0 Å². The lowest BCUT2D eigenvalue weighted by Crippen LogP contribution is -2.21. The molecule has 0 saturated heterocycles. The molecule has 22 heavy (non-hydrogen) atoms. The topological polar surface area (TPSA) is 97.1 Å². The van der Waals surface area contributed by atoms with Crippen LogP contribution < -0.4 is 5.32 Å². The highest BCUT2D eigenvalue weighted by atomic mass is 79.9. The molecule has 0 aliphatic heterocycles. The molecule has 0 aliphatic carbocycles. The van der Waals surface area contributed by atoms with Crippen molar-refractivity contribution in [1.29, 1.82) is 0 Å². The Morgan fingerprint density at radius 1 is 1.27 bits per heavy atom. The third kappa shape index (κ3) is 2.56. The summed E-state index contributed by atoms with van der Waals surface area (Å²) in [6.45, 7) is 0. The van der Waals surface area contributed by atoms with Gasteiger partial charge >= 0.3 is 12.0 Å². The van der Waals surface area contributed by atoms with Gasteiger partial charge in [0.2, 0.25) is 0 Å². The van der Waals surface area contributed by atoms with E-state index in [1.807, 2.05) is 0 Å². The average molecular weight is 361 g/mol. The summed E-state index contributed by atoms with van der Waals surface area (Å²) in [6, 6.07) is 7.74. The van der Waals surface area contributed by atoms with Gasteiger partial charge in [0, 0.05) is 16.1 Å². The molecule has 0 saturated carbocycles. The van der Waals surface area contributed by atoms with Crippen LogP contribution in [-0.4, -0.2) is 31.9 Å². The van der Waals surface area contributed by atoms with Crippen LogP contribution in [0.3, 0.4) is 0 Å². The molecule has 0 fully saturated rings. The Bertz CT molecular complexity index is 876. The maximum atomic E-state index is 12.3. The van der Waals surface area contributed by atoms with Gasteiger partial charge in [-0.2, -0.15) is 9.78 Å². The number of benzene rings is 1. The summed E-state index contributed by atoms with van der Waals surface area (Å²) >= 11 is 3.28. The minimum absolute atomic E-state index is 0.183. The number of nitrogens with zero attached hydrogens (tertiary/aromatic N) is 3. The normalized spacial score (nSPS) is 10.6. The Morgan fingerprint density at radius 2 is 2.09 bits per heavy atom. The third-order valence-electron chi connectivity index (χ3n) is 2.95. The van der Waals surface area contributed by atoms with Crippen LogP contribution in [0.2, 0.25) is 0 Å². The second-order valence-electron chi connectivity index (χ2n) is 4.40. The number of carboxylic acids is 1. The van der Waals surface area contributed by atoms with Crippen LogP contribution in [0.25, 0.3) is 10.9 Å². The Kier molecular flexibility index (Phi) is 3.60. The van der Waals surface area contributed by atoms with Gasteiger partial charge in [-0.1, -0.05) is 15.9 Å². The number of carbonyl (C=O) groups excluding carboxylic acids is 1. The van der Waals surface area contributed by atoms with E-state index in [-0.39, 0.29) is 5.69 Å². The largest absolute Gasteiger partial charge is 0.476 e. The molecule has 2 heterocycles. The Morgan fingerprint density at radius 3 is 2.77 bits per heavy atom. The standard InChI is InChI=1S/C14H9BrN4O3/c15-8-3-4-11-10(6-8)12(13(20)21)18-19(11)14(22)17-9-2-1-5-16-7-9/h1-7H,(H,17,22)(H,20,21). The first-order valence-corrected chi connectivity index (χ1v) is 6.98. The second kappa shape index (κ2) is 5.57. The fraction of sp³-hybridized carbons (Fsp3) is 0. The van der Waals surface area contributed by atoms with Crippen molar-refractivity contribution in [2.75, 3.05) is 5.32 Å². The minimum atomic E-state index is -1.20. The molecule has 7 nitrogen and oxygen atoms in total. The van der Waals surface area contributed by atoms with Crippen molar-refractivity contribution in [3.63, 3.8) is 0 Å².